The molecular weight excluding hydrogens is 500 g/mol. The zero-order valence-corrected chi connectivity index (χ0v) is 23.8. The molecule has 1 aromatic heterocycles. The van der Waals surface area contributed by atoms with Crippen molar-refractivity contribution in [3.63, 3.8) is 0 Å². The van der Waals surface area contributed by atoms with Gasteiger partial charge in [0.2, 0.25) is 17.7 Å². The summed E-state index contributed by atoms with van der Waals surface area (Å²) in [5, 5.41) is 6.03. The molecule has 1 aliphatic rings. The van der Waals surface area contributed by atoms with Gasteiger partial charge in [-0.05, 0) is 81.0 Å². The number of hydrogen-bond acceptors (Lipinski definition) is 4. The van der Waals surface area contributed by atoms with Crippen molar-refractivity contribution in [2.24, 2.45) is 0 Å². The van der Waals surface area contributed by atoms with Crippen LogP contribution < -0.4 is 15.5 Å². The molecular formula is C33H40N4O3. The predicted octanol–water partition coefficient (Wildman–Crippen LogP) is 6.34. The van der Waals surface area contributed by atoms with Crippen LogP contribution in [0.3, 0.4) is 0 Å². The fourth-order valence-electron chi connectivity index (χ4n) is 5.38. The smallest absolute Gasteiger partial charge is 0.248 e. The van der Waals surface area contributed by atoms with E-state index >= 15 is 0 Å². The molecule has 4 rings (SSSR count). The second-order valence-electron chi connectivity index (χ2n) is 10.9. The Morgan fingerprint density at radius 2 is 1.57 bits per heavy atom. The molecule has 7 heteroatoms. The molecule has 0 bridgehead atoms. The maximum absolute atomic E-state index is 14.0. The summed E-state index contributed by atoms with van der Waals surface area (Å²) < 4.78 is 0. The normalized spacial score (nSPS) is 14.3. The van der Waals surface area contributed by atoms with Gasteiger partial charge < -0.3 is 10.6 Å². The number of nitrogens with zero attached hydrogens (tertiary/aromatic N) is 2. The molecule has 40 heavy (non-hydrogen) atoms. The molecule has 0 spiro atoms. The second kappa shape index (κ2) is 13.9. The highest BCUT2D eigenvalue weighted by Gasteiger charge is 2.34. The summed E-state index contributed by atoms with van der Waals surface area (Å²) in [7, 11) is 0. The number of aromatic nitrogens is 1. The van der Waals surface area contributed by atoms with Crippen LogP contribution in [-0.2, 0) is 14.4 Å². The highest BCUT2D eigenvalue weighted by molar-refractivity contribution is 6.01. The minimum Gasteiger partial charge on any atom is -0.351 e. The molecule has 210 valence electrons. The van der Waals surface area contributed by atoms with E-state index in [-0.39, 0.29) is 36.6 Å². The van der Waals surface area contributed by atoms with Gasteiger partial charge in [0.25, 0.3) is 0 Å². The van der Waals surface area contributed by atoms with Gasteiger partial charge in [-0.15, -0.1) is 0 Å². The molecule has 2 aromatic carbocycles. The molecule has 1 saturated carbocycles. The van der Waals surface area contributed by atoms with Crippen LogP contribution in [0, 0.1) is 20.8 Å². The van der Waals surface area contributed by atoms with Crippen molar-refractivity contribution < 1.29 is 14.4 Å². The van der Waals surface area contributed by atoms with Crippen molar-refractivity contribution in [3.8, 4) is 0 Å². The Kier molecular flexibility index (Phi) is 10.1. The van der Waals surface area contributed by atoms with Gasteiger partial charge in [0.1, 0.15) is 11.9 Å². The van der Waals surface area contributed by atoms with E-state index in [4.69, 9.17) is 0 Å². The van der Waals surface area contributed by atoms with E-state index in [9.17, 15) is 14.4 Å². The third-order valence-corrected chi connectivity index (χ3v) is 7.33. The van der Waals surface area contributed by atoms with Crippen molar-refractivity contribution in [3.05, 3.63) is 89.1 Å². The van der Waals surface area contributed by atoms with Gasteiger partial charge in [0, 0.05) is 30.8 Å². The molecule has 2 N–H and O–H groups in total. The fraction of sp³-hybridized carbons (Fsp3) is 0.394. The van der Waals surface area contributed by atoms with Gasteiger partial charge in [0.05, 0.1) is 0 Å². The van der Waals surface area contributed by atoms with Crippen LogP contribution in [0.5, 0.6) is 0 Å². The minimum atomic E-state index is -0.821. The Bertz CT molecular complexity index is 1280. The van der Waals surface area contributed by atoms with Crippen molar-refractivity contribution in [1.29, 1.82) is 0 Å². The summed E-state index contributed by atoms with van der Waals surface area (Å²) >= 11 is 0. The van der Waals surface area contributed by atoms with Crippen LogP contribution in [0.1, 0.15) is 79.7 Å². The Morgan fingerprint density at radius 1 is 0.875 bits per heavy atom. The summed E-state index contributed by atoms with van der Waals surface area (Å²) in [6.45, 7) is 5.98. The minimum absolute atomic E-state index is 0.112. The molecule has 1 heterocycles. The highest BCUT2D eigenvalue weighted by Crippen LogP contribution is 2.32. The van der Waals surface area contributed by atoms with Gasteiger partial charge in [-0.2, -0.15) is 0 Å². The fourth-order valence-corrected chi connectivity index (χ4v) is 5.38. The van der Waals surface area contributed by atoms with E-state index in [1.807, 2.05) is 57.2 Å². The maximum Gasteiger partial charge on any atom is 0.248 e. The van der Waals surface area contributed by atoms with Gasteiger partial charge in [-0.3, -0.25) is 19.3 Å². The Hall–Kier alpha value is -4.00. The number of aryl methyl sites for hydroxylation is 3. The van der Waals surface area contributed by atoms with E-state index in [0.717, 1.165) is 47.9 Å². The molecule has 1 aliphatic carbocycles. The molecule has 0 aliphatic heterocycles. The first-order valence-corrected chi connectivity index (χ1v) is 14.3. The van der Waals surface area contributed by atoms with Crippen molar-refractivity contribution in [2.45, 2.75) is 84.2 Å². The molecule has 0 saturated heterocycles. The Morgan fingerprint density at radius 3 is 2.23 bits per heavy atom. The van der Waals surface area contributed by atoms with E-state index in [1.165, 1.54) is 6.42 Å². The zero-order chi connectivity index (χ0) is 28.5. The van der Waals surface area contributed by atoms with Crippen molar-refractivity contribution >= 4 is 29.2 Å². The summed E-state index contributed by atoms with van der Waals surface area (Å²) in [5.41, 5.74) is 4.55. The van der Waals surface area contributed by atoms with Crippen LogP contribution in [0.2, 0.25) is 0 Å². The van der Waals surface area contributed by atoms with Crippen molar-refractivity contribution in [1.82, 2.24) is 10.3 Å². The third-order valence-electron chi connectivity index (χ3n) is 7.33. The lowest BCUT2D eigenvalue weighted by Gasteiger charge is -2.34. The van der Waals surface area contributed by atoms with Crippen LogP contribution in [0.15, 0.2) is 66.9 Å². The lowest BCUT2D eigenvalue weighted by Crippen LogP contribution is -2.47. The summed E-state index contributed by atoms with van der Waals surface area (Å²) in [5.74, 6) is -0.0831. The number of benzene rings is 2. The Labute approximate surface area is 237 Å². The van der Waals surface area contributed by atoms with Crippen LogP contribution in [0.4, 0.5) is 11.5 Å². The first-order chi connectivity index (χ1) is 19.3. The third kappa shape index (κ3) is 8.01. The molecule has 0 radical (unpaired) electrons. The highest BCUT2D eigenvalue weighted by atomic mass is 16.2. The summed E-state index contributed by atoms with van der Waals surface area (Å²) in [4.78, 5) is 46.2. The summed E-state index contributed by atoms with van der Waals surface area (Å²) in [6.07, 6.45) is 7.56. The number of anilines is 2. The van der Waals surface area contributed by atoms with E-state index in [0.29, 0.717) is 17.9 Å². The second-order valence-corrected chi connectivity index (χ2v) is 10.9. The number of carbonyl (C=O) groups excluding carboxylic acids is 3. The van der Waals surface area contributed by atoms with Crippen molar-refractivity contribution in [2.75, 3.05) is 10.2 Å². The standard InChI is InChI=1S/C33H40N4O3/c1-23-15-17-26(18-16-23)32(33(40)35-27-10-5-4-6-11-27)37(28-21-24(2)20-25(3)22-28)31(39)14-9-13-30(38)36-29-12-7-8-19-34-29/h7-8,12,15-22,27,32H,4-6,9-11,13-14H2,1-3H3,(H,35,40)(H,34,36,38). The number of amides is 3. The molecule has 1 fully saturated rings. The van der Waals surface area contributed by atoms with E-state index in [1.54, 1.807) is 29.3 Å². The van der Waals surface area contributed by atoms with Gasteiger partial charge >= 0.3 is 0 Å². The molecule has 7 nitrogen and oxygen atoms in total. The largest absolute Gasteiger partial charge is 0.351 e. The lowest BCUT2D eigenvalue weighted by atomic mass is 9.94. The monoisotopic (exact) mass is 540 g/mol. The molecule has 3 amide bonds. The number of pyridine rings is 1. The predicted molar refractivity (Wildman–Crippen MR) is 159 cm³/mol. The van der Waals surface area contributed by atoms with Crippen LogP contribution in [-0.4, -0.2) is 28.7 Å². The van der Waals surface area contributed by atoms with Crippen LogP contribution >= 0.6 is 0 Å². The zero-order valence-electron chi connectivity index (χ0n) is 23.8. The van der Waals surface area contributed by atoms with Gasteiger partial charge in [-0.25, -0.2) is 4.98 Å². The average molecular weight is 541 g/mol. The number of nitrogens with one attached hydrogen (secondary N) is 2. The van der Waals surface area contributed by atoms with E-state index < -0.39 is 6.04 Å². The van der Waals surface area contributed by atoms with Gasteiger partial charge in [-0.1, -0.05) is 61.2 Å². The van der Waals surface area contributed by atoms with Gasteiger partial charge in [0.15, 0.2) is 0 Å². The number of carbonyl (C=O) groups is 3. The Balaban J connectivity index is 1.60. The van der Waals surface area contributed by atoms with Crippen LogP contribution in [0.25, 0.3) is 0 Å². The molecule has 1 atom stereocenters. The first-order valence-electron chi connectivity index (χ1n) is 14.3. The number of rotatable bonds is 10. The quantitative estimate of drug-likeness (QED) is 0.314. The summed E-state index contributed by atoms with van der Waals surface area (Å²) in [6, 6.07) is 18.4. The number of hydrogen-bond donors (Lipinski definition) is 2. The lowest BCUT2D eigenvalue weighted by molar-refractivity contribution is -0.127. The molecule has 1 unspecified atom stereocenters. The molecule has 3 aromatic rings. The topological polar surface area (TPSA) is 91.4 Å². The first kappa shape index (κ1) is 29.0. The SMILES string of the molecule is Cc1ccc(C(C(=O)NC2CCCCC2)N(C(=O)CCCC(=O)Nc2ccccn2)c2cc(C)cc(C)c2)cc1. The van der Waals surface area contributed by atoms with E-state index in [2.05, 4.69) is 21.7 Å². The maximum atomic E-state index is 14.0. The average Bonchev–Trinajstić information content (AvgIpc) is 2.92.